The van der Waals surface area contributed by atoms with E-state index in [9.17, 15) is 18.0 Å². The number of carbonyl (C=O) groups excluding carboxylic acids is 2. The Hall–Kier alpha value is -4.89. The quantitative estimate of drug-likeness (QED) is 0.208. The van der Waals surface area contributed by atoms with E-state index in [1.807, 2.05) is 26.0 Å². The molecule has 0 saturated heterocycles. The first-order chi connectivity index (χ1) is 19.1. The van der Waals surface area contributed by atoms with Gasteiger partial charge in [-0.2, -0.15) is 8.42 Å². The van der Waals surface area contributed by atoms with Gasteiger partial charge in [0.05, 0.1) is 7.11 Å². The summed E-state index contributed by atoms with van der Waals surface area (Å²) in [6.45, 7) is 3.75. The van der Waals surface area contributed by atoms with Crippen LogP contribution >= 0.6 is 0 Å². The van der Waals surface area contributed by atoms with Crippen LogP contribution in [0.1, 0.15) is 27.0 Å². The number of carbonyl (C=O) groups is 2. The molecule has 4 aromatic carbocycles. The minimum Gasteiger partial charge on any atom is -0.493 e. The molecule has 0 unspecified atom stereocenters. The highest BCUT2D eigenvalue weighted by Gasteiger charge is 2.20. The van der Waals surface area contributed by atoms with Gasteiger partial charge in [-0.25, -0.2) is 0 Å². The van der Waals surface area contributed by atoms with Crippen molar-refractivity contribution in [3.05, 3.63) is 125 Å². The highest BCUT2D eigenvalue weighted by Crippen LogP contribution is 2.31. The Balaban J connectivity index is 1.65. The first kappa shape index (κ1) is 28.1. The van der Waals surface area contributed by atoms with Crippen molar-refractivity contribution in [2.75, 3.05) is 12.4 Å². The molecule has 204 valence electrons. The smallest absolute Gasteiger partial charge is 0.339 e. The van der Waals surface area contributed by atoms with Gasteiger partial charge in [-0.3, -0.25) is 9.59 Å². The summed E-state index contributed by atoms with van der Waals surface area (Å²) in [6.07, 6.45) is 1.47. The predicted molar refractivity (Wildman–Crippen MR) is 154 cm³/mol. The van der Waals surface area contributed by atoms with Crippen LogP contribution < -0.4 is 19.6 Å². The second-order valence-corrected chi connectivity index (χ2v) is 10.5. The third-order valence-electron chi connectivity index (χ3n) is 5.81. The molecule has 0 radical (unpaired) electrons. The van der Waals surface area contributed by atoms with Gasteiger partial charge in [0.1, 0.15) is 10.6 Å². The van der Waals surface area contributed by atoms with Crippen molar-refractivity contribution < 1.29 is 26.9 Å². The fourth-order valence-corrected chi connectivity index (χ4v) is 4.68. The molecule has 4 rings (SSSR count). The van der Waals surface area contributed by atoms with Gasteiger partial charge < -0.3 is 19.6 Å². The van der Waals surface area contributed by atoms with Crippen LogP contribution in [0.3, 0.4) is 0 Å². The fraction of sp³-hybridized carbons (Fsp3) is 0.0968. The van der Waals surface area contributed by atoms with Crippen molar-refractivity contribution in [2.45, 2.75) is 18.7 Å². The molecule has 8 nitrogen and oxygen atoms in total. The lowest BCUT2D eigenvalue weighted by molar-refractivity contribution is -0.113. The number of methoxy groups -OCH3 is 1. The molecular formula is C31H28N2O6S. The van der Waals surface area contributed by atoms with Gasteiger partial charge in [0, 0.05) is 11.3 Å². The van der Waals surface area contributed by atoms with Gasteiger partial charge in [-0.15, -0.1) is 0 Å². The maximum atomic E-state index is 13.3. The van der Waals surface area contributed by atoms with Crippen molar-refractivity contribution in [3.63, 3.8) is 0 Å². The lowest BCUT2D eigenvalue weighted by Gasteiger charge is -2.13. The summed E-state index contributed by atoms with van der Waals surface area (Å²) in [5.74, 6) is -0.921. The van der Waals surface area contributed by atoms with Crippen LogP contribution in [0, 0.1) is 13.8 Å². The molecule has 0 heterocycles. The molecule has 4 aromatic rings. The van der Waals surface area contributed by atoms with Crippen molar-refractivity contribution in [2.24, 2.45) is 0 Å². The van der Waals surface area contributed by atoms with Gasteiger partial charge in [-0.1, -0.05) is 54.1 Å². The van der Waals surface area contributed by atoms with E-state index in [-0.39, 0.29) is 22.1 Å². The number of hydrogen-bond donors (Lipinski definition) is 2. The Kier molecular flexibility index (Phi) is 8.66. The van der Waals surface area contributed by atoms with Crippen molar-refractivity contribution in [1.82, 2.24) is 5.32 Å². The molecule has 0 saturated carbocycles. The maximum Gasteiger partial charge on any atom is 0.339 e. The van der Waals surface area contributed by atoms with Crippen molar-refractivity contribution >= 4 is 33.7 Å². The van der Waals surface area contributed by atoms with E-state index in [0.717, 1.165) is 11.1 Å². The Morgan fingerprint density at radius 3 is 2.17 bits per heavy atom. The average molecular weight is 557 g/mol. The Labute approximate surface area is 233 Å². The zero-order valence-electron chi connectivity index (χ0n) is 22.2. The summed E-state index contributed by atoms with van der Waals surface area (Å²) in [6, 6.07) is 26.5. The summed E-state index contributed by atoms with van der Waals surface area (Å²) >= 11 is 0. The van der Waals surface area contributed by atoms with Gasteiger partial charge in [0.2, 0.25) is 0 Å². The standard InChI is InChI=1S/C31H28N2O6S/c1-21-12-15-26(16-13-21)40(36,37)39-28-17-14-23(20-29(28)38-3)19-27(33-30(34)24-9-5-4-6-10-24)31(35)32-25-11-7-8-22(2)18-25/h4-20H,1-3H3,(H,32,35)(H,33,34)/b27-19-. The summed E-state index contributed by atoms with van der Waals surface area (Å²) in [4.78, 5) is 26.2. The van der Waals surface area contributed by atoms with Crippen LogP contribution in [-0.4, -0.2) is 27.3 Å². The number of anilines is 1. The van der Waals surface area contributed by atoms with Crippen molar-refractivity contribution in [1.29, 1.82) is 0 Å². The molecule has 0 aliphatic rings. The zero-order valence-corrected chi connectivity index (χ0v) is 23.0. The summed E-state index contributed by atoms with van der Waals surface area (Å²) < 4.78 is 36.3. The second-order valence-electron chi connectivity index (χ2n) is 8.96. The number of benzene rings is 4. The molecule has 0 aromatic heterocycles. The van der Waals surface area contributed by atoms with Gasteiger partial charge in [0.25, 0.3) is 11.8 Å². The first-order valence-electron chi connectivity index (χ1n) is 12.3. The highest BCUT2D eigenvalue weighted by molar-refractivity contribution is 7.87. The largest absolute Gasteiger partial charge is 0.493 e. The van der Waals surface area contributed by atoms with Crippen LogP contribution in [0.5, 0.6) is 11.5 Å². The van der Waals surface area contributed by atoms with E-state index in [4.69, 9.17) is 8.92 Å². The number of aryl methyl sites for hydroxylation is 2. The molecule has 0 atom stereocenters. The Morgan fingerprint density at radius 1 is 0.775 bits per heavy atom. The van der Waals surface area contributed by atoms with E-state index >= 15 is 0 Å². The Morgan fingerprint density at radius 2 is 1.50 bits per heavy atom. The molecule has 2 N–H and O–H groups in total. The predicted octanol–water partition coefficient (Wildman–Crippen LogP) is 5.49. The molecule has 0 aliphatic heterocycles. The molecule has 0 fully saturated rings. The summed E-state index contributed by atoms with van der Waals surface area (Å²) in [7, 11) is -2.74. The van der Waals surface area contributed by atoms with E-state index in [1.165, 1.54) is 37.5 Å². The molecule has 2 amide bonds. The number of amides is 2. The van der Waals surface area contributed by atoms with Gasteiger partial charge >= 0.3 is 10.1 Å². The van der Waals surface area contributed by atoms with Crippen LogP contribution in [0.15, 0.2) is 108 Å². The fourth-order valence-electron chi connectivity index (χ4n) is 3.74. The van der Waals surface area contributed by atoms with Gasteiger partial charge in [-0.05, 0) is 79.6 Å². The number of rotatable bonds is 9. The molecule has 40 heavy (non-hydrogen) atoms. The van der Waals surface area contributed by atoms with E-state index in [1.54, 1.807) is 60.7 Å². The summed E-state index contributed by atoms with van der Waals surface area (Å²) in [5.41, 5.74) is 3.23. The van der Waals surface area contributed by atoms with Crippen molar-refractivity contribution in [3.8, 4) is 11.5 Å². The zero-order chi connectivity index (χ0) is 28.7. The lowest BCUT2D eigenvalue weighted by atomic mass is 10.1. The lowest BCUT2D eigenvalue weighted by Crippen LogP contribution is -2.30. The van der Waals surface area contributed by atoms with E-state index in [0.29, 0.717) is 16.8 Å². The topological polar surface area (TPSA) is 111 Å². The maximum absolute atomic E-state index is 13.3. The normalized spacial score (nSPS) is 11.4. The first-order valence-corrected chi connectivity index (χ1v) is 13.7. The third kappa shape index (κ3) is 7.15. The SMILES string of the molecule is COc1cc(/C=C(\NC(=O)c2ccccc2)C(=O)Nc2cccc(C)c2)ccc1OS(=O)(=O)c1ccc(C)cc1. The van der Waals surface area contributed by atoms with E-state index in [2.05, 4.69) is 10.6 Å². The molecule has 9 heteroatoms. The molecule has 0 bridgehead atoms. The molecular weight excluding hydrogens is 528 g/mol. The van der Waals surface area contributed by atoms with Crippen LogP contribution in [0.25, 0.3) is 6.08 Å². The number of nitrogens with one attached hydrogen (secondary N) is 2. The number of hydrogen-bond acceptors (Lipinski definition) is 6. The number of ether oxygens (including phenoxy) is 1. The van der Waals surface area contributed by atoms with Crippen LogP contribution in [0.4, 0.5) is 5.69 Å². The van der Waals surface area contributed by atoms with Crippen LogP contribution in [0.2, 0.25) is 0 Å². The van der Waals surface area contributed by atoms with Crippen LogP contribution in [-0.2, 0) is 14.9 Å². The highest BCUT2D eigenvalue weighted by atomic mass is 32.2. The Bertz CT molecular complexity index is 1660. The minimum absolute atomic E-state index is 0.00264. The average Bonchev–Trinajstić information content (AvgIpc) is 2.94. The molecule has 0 aliphatic carbocycles. The summed E-state index contributed by atoms with van der Waals surface area (Å²) in [5, 5.41) is 5.47. The second kappa shape index (κ2) is 12.3. The van der Waals surface area contributed by atoms with E-state index < -0.39 is 21.9 Å². The minimum atomic E-state index is -4.11. The third-order valence-corrected chi connectivity index (χ3v) is 7.06. The monoisotopic (exact) mass is 556 g/mol. The molecule has 0 spiro atoms. The van der Waals surface area contributed by atoms with Gasteiger partial charge in [0.15, 0.2) is 11.5 Å².